The third-order valence-corrected chi connectivity index (χ3v) is 5.87. The first kappa shape index (κ1) is 29.6. The van der Waals surface area contributed by atoms with Gasteiger partial charge in [-0.25, -0.2) is 4.79 Å². The molecule has 0 fully saturated rings. The predicted octanol–water partition coefficient (Wildman–Crippen LogP) is -0.646. The highest BCUT2D eigenvalue weighted by atomic mass is 32.1. The summed E-state index contributed by atoms with van der Waals surface area (Å²) in [6, 6.07) is 9.82. The maximum atomic E-state index is 12.8. The molecule has 0 aliphatic carbocycles. The van der Waals surface area contributed by atoms with Crippen molar-refractivity contribution in [3.8, 4) is 5.75 Å². The van der Waals surface area contributed by atoms with Gasteiger partial charge >= 0.3 is 5.97 Å². The standard InChI is InChI=1S/C25H32N4O7S/c1-14(30)21(29-22(32)18(26)11-16-7-9-17(31)10-8-16)24(34)28-20(13-37)23(33)27-19(25(35)36)12-15-5-3-2-4-6-15/h2-10,14,18-21,30-31,37H,11-13,26H2,1H3,(H,27,33)(H,28,34)(H,29,32)(H,35,36). The molecule has 2 aromatic carbocycles. The summed E-state index contributed by atoms with van der Waals surface area (Å²) in [4.78, 5) is 49.8. The fraction of sp³-hybridized carbons (Fsp3) is 0.360. The zero-order chi connectivity index (χ0) is 27.5. The fourth-order valence-corrected chi connectivity index (χ4v) is 3.68. The first-order valence-electron chi connectivity index (χ1n) is 11.5. The lowest BCUT2D eigenvalue weighted by Crippen LogP contribution is -2.60. The van der Waals surface area contributed by atoms with Crippen LogP contribution in [0.25, 0.3) is 0 Å². The van der Waals surface area contributed by atoms with E-state index in [1.165, 1.54) is 19.1 Å². The van der Waals surface area contributed by atoms with E-state index in [1.54, 1.807) is 42.5 Å². The van der Waals surface area contributed by atoms with Gasteiger partial charge in [-0.1, -0.05) is 42.5 Å². The van der Waals surface area contributed by atoms with Gasteiger partial charge in [-0.2, -0.15) is 12.6 Å². The number of rotatable bonds is 13. The molecule has 2 rings (SSSR count). The summed E-state index contributed by atoms with van der Waals surface area (Å²) in [7, 11) is 0. The second kappa shape index (κ2) is 14.2. The van der Waals surface area contributed by atoms with Gasteiger partial charge in [-0.05, 0) is 36.6 Å². The van der Waals surface area contributed by atoms with Crippen LogP contribution in [0.2, 0.25) is 0 Å². The molecule has 5 unspecified atom stereocenters. The van der Waals surface area contributed by atoms with Crippen LogP contribution in [0, 0.1) is 0 Å². The number of carboxylic acid groups (broad SMARTS) is 1. The van der Waals surface area contributed by atoms with Gasteiger partial charge < -0.3 is 37.0 Å². The molecular weight excluding hydrogens is 500 g/mol. The van der Waals surface area contributed by atoms with Crippen LogP contribution in [-0.4, -0.2) is 75.0 Å². The van der Waals surface area contributed by atoms with Gasteiger partial charge in [0.2, 0.25) is 17.7 Å². The topological polar surface area (TPSA) is 191 Å². The zero-order valence-electron chi connectivity index (χ0n) is 20.2. The Morgan fingerprint density at radius 2 is 1.41 bits per heavy atom. The molecule has 5 atom stereocenters. The van der Waals surface area contributed by atoms with Gasteiger partial charge in [0.1, 0.15) is 23.9 Å². The Hall–Kier alpha value is -3.61. The maximum Gasteiger partial charge on any atom is 0.326 e. The van der Waals surface area contributed by atoms with Crippen molar-refractivity contribution >= 4 is 36.3 Å². The minimum atomic E-state index is -1.44. The van der Waals surface area contributed by atoms with Crippen molar-refractivity contribution in [3.05, 3.63) is 65.7 Å². The van der Waals surface area contributed by atoms with Crippen molar-refractivity contribution in [2.24, 2.45) is 5.73 Å². The predicted molar refractivity (Wildman–Crippen MR) is 139 cm³/mol. The summed E-state index contributed by atoms with van der Waals surface area (Å²) in [5.74, 6) is -3.73. The SMILES string of the molecule is CC(O)C(NC(=O)C(N)Cc1ccc(O)cc1)C(=O)NC(CS)C(=O)NC(Cc1ccccc1)C(=O)O. The minimum absolute atomic E-state index is 0.0282. The molecule has 12 heteroatoms. The number of amides is 3. The molecule has 0 radical (unpaired) electrons. The van der Waals surface area contributed by atoms with E-state index in [0.29, 0.717) is 11.1 Å². The first-order chi connectivity index (χ1) is 17.5. The number of nitrogens with two attached hydrogens (primary N) is 1. The number of carbonyl (C=O) groups excluding carboxylic acids is 3. The Labute approximate surface area is 219 Å². The van der Waals surface area contributed by atoms with Crippen molar-refractivity contribution in [2.75, 3.05) is 5.75 Å². The van der Waals surface area contributed by atoms with Gasteiger partial charge in [-0.3, -0.25) is 14.4 Å². The Morgan fingerprint density at radius 1 is 0.838 bits per heavy atom. The van der Waals surface area contributed by atoms with Gasteiger partial charge in [0.15, 0.2) is 0 Å². The van der Waals surface area contributed by atoms with Crippen LogP contribution in [0.3, 0.4) is 0 Å². The third-order valence-electron chi connectivity index (χ3n) is 5.50. The van der Waals surface area contributed by atoms with Gasteiger partial charge in [0.25, 0.3) is 0 Å². The molecule has 8 N–H and O–H groups in total. The number of carboxylic acids is 1. The molecule has 2 aromatic rings. The summed E-state index contributed by atoms with van der Waals surface area (Å²) in [6.45, 7) is 1.28. The van der Waals surface area contributed by atoms with Gasteiger partial charge in [0.05, 0.1) is 12.1 Å². The van der Waals surface area contributed by atoms with E-state index < -0.39 is 54.0 Å². The highest BCUT2D eigenvalue weighted by Crippen LogP contribution is 2.11. The highest BCUT2D eigenvalue weighted by molar-refractivity contribution is 7.80. The summed E-state index contributed by atoms with van der Waals surface area (Å²) in [5, 5.41) is 36.2. The zero-order valence-corrected chi connectivity index (χ0v) is 21.1. The lowest BCUT2D eigenvalue weighted by Gasteiger charge is -2.26. The van der Waals surface area contributed by atoms with Crippen molar-refractivity contribution in [1.29, 1.82) is 0 Å². The summed E-state index contributed by atoms with van der Waals surface area (Å²) >= 11 is 4.08. The molecule has 0 aromatic heterocycles. The molecule has 0 aliphatic rings. The second-order valence-electron chi connectivity index (χ2n) is 8.54. The number of aliphatic hydroxyl groups excluding tert-OH is 1. The van der Waals surface area contributed by atoms with Crippen LogP contribution < -0.4 is 21.7 Å². The van der Waals surface area contributed by atoms with E-state index in [4.69, 9.17) is 5.73 Å². The number of phenols is 1. The number of carbonyl (C=O) groups is 4. The smallest absolute Gasteiger partial charge is 0.326 e. The third kappa shape index (κ3) is 9.41. The number of aliphatic hydroxyl groups is 1. The number of phenolic OH excluding ortho intramolecular Hbond substituents is 1. The number of aromatic hydroxyl groups is 1. The lowest BCUT2D eigenvalue weighted by atomic mass is 10.0. The monoisotopic (exact) mass is 532 g/mol. The molecule has 0 saturated carbocycles. The lowest BCUT2D eigenvalue weighted by molar-refractivity contribution is -0.142. The molecule has 0 saturated heterocycles. The van der Waals surface area contributed by atoms with Crippen molar-refractivity contribution in [3.63, 3.8) is 0 Å². The van der Waals surface area contributed by atoms with E-state index >= 15 is 0 Å². The van der Waals surface area contributed by atoms with Crippen LogP contribution in [0.5, 0.6) is 5.75 Å². The Balaban J connectivity index is 2.01. The van der Waals surface area contributed by atoms with E-state index in [-0.39, 0.29) is 24.3 Å². The Morgan fingerprint density at radius 3 is 1.95 bits per heavy atom. The summed E-state index contributed by atoms with van der Waals surface area (Å²) < 4.78 is 0. The van der Waals surface area contributed by atoms with E-state index in [2.05, 4.69) is 28.6 Å². The molecule has 0 heterocycles. The van der Waals surface area contributed by atoms with E-state index in [9.17, 15) is 34.5 Å². The molecule has 11 nitrogen and oxygen atoms in total. The van der Waals surface area contributed by atoms with Gasteiger partial charge in [0, 0.05) is 12.2 Å². The number of nitrogens with one attached hydrogen (secondary N) is 3. The fourth-order valence-electron chi connectivity index (χ4n) is 3.42. The molecule has 0 bridgehead atoms. The molecule has 0 aliphatic heterocycles. The first-order valence-corrected chi connectivity index (χ1v) is 12.1. The normalized spacial score (nSPS) is 14.9. The molecule has 200 valence electrons. The number of hydrogen-bond donors (Lipinski definition) is 8. The molecule has 37 heavy (non-hydrogen) atoms. The van der Waals surface area contributed by atoms with E-state index in [0.717, 1.165) is 0 Å². The van der Waals surface area contributed by atoms with Crippen LogP contribution in [-0.2, 0) is 32.0 Å². The average molecular weight is 533 g/mol. The van der Waals surface area contributed by atoms with Crippen LogP contribution in [0.4, 0.5) is 0 Å². The van der Waals surface area contributed by atoms with Crippen LogP contribution in [0.1, 0.15) is 18.1 Å². The van der Waals surface area contributed by atoms with E-state index in [1.807, 2.05) is 0 Å². The van der Waals surface area contributed by atoms with Crippen molar-refractivity contribution < 1.29 is 34.5 Å². The molecular formula is C25H32N4O7S. The van der Waals surface area contributed by atoms with Crippen molar-refractivity contribution in [2.45, 2.75) is 50.0 Å². The van der Waals surface area contributed by atoms with Crippen LogP contribution >= 0.6 is 12.6 Å². The molecule has 3 amide bonds. The Kier molecular flexibility index (Phi) is 11.4. The van der Waals surface area contributed by atoms with Crippen LogP contribution in [0.15, 0.2) is 54.6 Å². The summed E-state index contributed by atoms with van der Waals surface area (Å²) in [5.41, 5.74) is 7.31. The number of thiol groups is 1. The van der Waals surface area contributed by atoms with Crippen molar-refractivity contribution in [1.82, 2.24) is 16.0 Å². The Bertz CT molecular complexity index is 1070. The number of hydrogen-bond acceptors (Lipinski definition) is 8. The molecule has 0 spiro atoms. The number of aliphatic carboxylic acids is 1. The number of benzene rings is 2. The van der Waals surface area contributed by atoms with Gasteiger partial charge in [-0.15, -0.1) is 0 Å². The highest BCUT2D eigenvalue weighted by Gasteiger charge is 2.32. The summed E-state index contributed by atoms with van der Waals surface area (Å²) in [6.07, 6.45) is -1.20. The average Bonchev–Trinajstić information content (AvgIpc) is 2.86. The largest absolute Gasteiger partial charge is 0.508 e. The maximum absolute atomic E-state index is 12.8. The second-order valence-corrected chi connectivity index (χ2v) is 8.90. The minimum Gasteiger partial charge on any atom is -0.508 e. The quantitative estimate of drug-likeness (QED) is 0.156.